The van der Waals surface area contributed by atoms with Crippen molar-refractivity contribution in [1.82, 2.24) is 4.90 Å². The van der Waals surface area contributed by atoms with Crippen molar-refractivity contribution >= 4 is 5.91 Å². The highest BCUT2D eigenvalue weighted by Crippen LogP contribution is 2.33. The molecule has 0 aliphatic heterocycles. The van der Waals surface area contributed by atoms with Crippen LogP contribution in [0.2, 0.25) is 0 Å². The first-order chi connectivity index (χ1) is 7.74. The van der Waals surface area contributed by atoms with Gasteiger partial charge in [0.2, 0.25) is 5.91 Å². The second-order valence-corrected chi connectivity index (χ2v) is 4.17. The predicted molar refractivity (Wildman–Crippen MR) is 60.3 cm³/mol. The second kappa shape index (κ2) is 4.36. The van der Waals surface area contributed by atoms with Crippen LogP contribution in [0, 0.1) is 17.2 Å². The van der Waals surface area contributed by atoms with Crippen molar-refractivity contribution < 1.29 is 4.79 Å². The van der Waals surface area contributed by atoms with Crippen LogP contribution in [-0.4, -0.2) is 17.9 Å². The number of nitrogens with zero attached hydrogens (tertiary/aromatic N) is 2. The van der Waals surface area contributed by atoms with E-state index >= 15 is 0 Å². The van der Waals surface area contributed by atoms with E-state index in [1.807, 2.05) is 30.3 Å². The molecular weight excluding hydrogens is 200 g/mol. The Balaban J connectivity index is 2.16. The smallest absolute Gasteiger partial charge is 0.226 e. The van der Waals surface area contributed by atoms with E-state index in [0.29, 0.717) is 0 Å². The number of benzene rings is 1. The second-order valence-electron chi connectivity index (χ2n) is 4.17. The largest absolute Gasteiger partial charge is 0.326 e. The number of carbonyl (C=O) groups excluding carboxylic acids is 1. The minimum Gasteiger partial charge on any atom is -0.326 e. The van der Waals surface area contributed by atoms with Gasteiger partial charge >= 0.3 is 0 Å². The molecule has 0 aromatic heterocycles. The molecule has 0 bridgehead atoms. The predicted octanol–water partition coefficient (Wildman–Crippen LogP) is 2.12. The molecule has 1 amide bonds. The van der Waals surface area contributed by atoms with E-state index in [2.05, 4.69) is 6.07 Å². The molecule has 1 saturated carbocycles. The molecule has 1 aliphatic carbocycles. The quantitative estimate of drug-likeness (QED) is 0.773. The molecule has 0 N–H and O–H groups in total. The summed E-state index contributed by atoms with van der Waals surface area (Å²) in [5.41, 5.74) is 0.876. The Kier molecular flexibility index (Phi) is 2.91. The van der Waals surface area contributed by atoms with E-state index in [4.69, 9.17) is 5.26 Å². The lowest BCUT2D eigenvalue weighted by molar-refractivity contribution is -0.132. The van der Waals surface area contributed by atoms with Gasteiger partial charge in [0.15, 0.2) is 0 Å². The van der Waals surface area contributed by atoms with Crippen molar-refractivity contribution in [3.63, 3.8) is 0 Å². The van der Waals surface area contributed by atoms with E-state index in [1.54, 1.807) is 11.9 Å². The summed E-state index contributed by atoms with van der Waals surface area (Å²) >= 11 is 0. The third kappa shape index (κ3) is 2.06. The molecule has 3 nitrogen and oxygen atoms in total. The average molecular weight is 214 g/mol. The highest BCUT2D eigenvalue weighted by atomic mass is 16.2. The van der Waals surface area contributed by atoms with Gasteiger partial charge in [-0.05, 0) is 18.4 Å². The van der Waals surface area contributed by atoms with Gasteiger partial charge in [-0.1, -0.05) is 30.3 Å². The zero-order valence-electron chi connectivity index (χ0n) is 9.26. The molecule has 1 aliphatic rings. The van der Waals surface area contributed by atoms with Crippen LogP contribution >= 0.6 is 0 Å². The van der Waals surface area contributed by atoms with Gasteiger partial charge < -0.3 is 4.90 Å². The molecule has 0 heterocycles. The van der Waals surface area contributed by atoms with Gasteiger partial charge in [0, 0.05) is 13.0 Å². The first-order valence-corrected chi connectivity index (χ1v) is 5.45. The van der Waals surface area contributed by atoms with Gasteiger partial charge in [-0.2, -0.15) is 5.26 Å². The lowest BCUT2D eigenvalue weighted by atomic mass is 10.1. The summed E-state index contributed by atoms with van der Waals surface area (Å²) in [6.45, 7) is 0. The molecular formula is C13H14N2O. The summed E-state index contributed by atoms with van der Waals surface area (Å²) in [6, 6.07) is 11.2. The first-order valence-electron chi connectivity index (χ1n) is 5.45. The molecule has 2 rings (SSSR count). The zero-order valence-corrected chi connectivity index (χ0v) is 9.26. The SMILES string of the molecule is CN(C(=O)C1CC1)C(C#N)c1ccccc1. The number of amides is 1. The van der Waals surface area contributed by atoms with E-state index in [1.165, 1.54) is 0 Å². The van der Waals surface area contributed by atoms with E-state index in [9.17, 15) is 4.79 Å². The fourth-order valence-corrected chi connectivity index (χ4v) is 1.77. The monoisotopic (exact) mass is 214 g/mol. The van der Waals surface area contributed by atoms with E-state index in [-0.39, 0.29) is 11.8 Å². The number of hydrogen-bond acceptors (Lipinski definition) is 2. The van der Waals surface area contributed by atoms with Crippen molar-refractivity contribution in [1.29, 1.82) is 5.26 Å². The zero-order chi connectivity index (χ0) is 11.5. The van der Waals surface area contributed by atoms with Crippen LogP contribution in [0.1, 0.15) is 24.4 Å². The molecule has 82 valence electrons. The van der Waals surface area contributed by atoms with Crippen LogP contribution in [0.3, 0.4) is 0 Å². The normalized spacial score (nSPS) is 16.2. The minimum atomic E-state index is -0.464. The molecule has 1 fully saturated rings. The Labute approximate surface area is 95.3 Å². The number of rotatable bonds is 3. The van der Waals surface area contributed by atoms with E-state index < -0.39 is 6.04 Å². The van der Waals surface area contributed by atoms with Gasteiger partial charge in [0.25, 0.3) is 0 Å². The number of carbonyl (C=O) groups is 1. The molecule has 1 atom stereocenters. The number of hydrogen-bond donors (Lipinski definition) is 0. The van der Waals surface area contributed by atoms with Crippen LogP contribution in [-0.2, 0) is 4.79 Å². The van der Waals surface area contributed by atoms with Gasteiger partial charge in [0.1, 0.15) is 6.04 Å². The molecule has 1 aromatic carbocycles. The van der Waals surface area contributed by atoms with Gasteiger partial charge in [-0.3, -0.25) is 4.79 Å². The Hall–Kier alpha value is -1.82. The van der Waals surface area contributed by atoms with Gasteiger partial charge in [0.05, 0.1) is 6.07 Å². The Morgan fingerprint density at radius 2 is 2.06 bits per heavy atom. The highest BCUT2D eigenvalue weighted by Gasteiger charge is 2.34. The summed E-state index contributed by atoms with van der Waals surface area (Å²) < 4.78 is 0. The molecule has 3 heteroatoms. The topological polar surface area (TPSA) is 44.1 Å². The van der Waals surface area contributed by atoms with Crippen molar-refractivity contribution in [3.8, 4) is 6.07 Å². The van der Waals surface area contributed by atoms with Crippen molar-refractivity contribution in [3.05, 3.63) is 35.9 Å². The lowest BCUT2D eigenvalue weighted by Gasteiger charge is -2.22. The van der Waals surface area contributed by atoms with Crippen molar-refractivity contribution in [2.45, 2.75) is 18.9 Å². The maximum atomic E-state index is 11.9. The van der Waals surface area contributed by atoms with Crippen LogP contribution < -0.4 is 0 Å². The maximum absolute atomic E-state index is 11.9. The lowest BCUT2D eigenvalue weighted by Crippen LogP contribution is -2.31. The van der Waals surface area contributed by atoms with Crippen LogP contribution in [0.5, 0.6) is 0 Å². The molecule has 0 radical (unpaired) electrons. The van der Waals surface area contributed by atoms with Crippen molar-refractivity contribution in [2.24, 2.45) is 5.92 Å². The Morgan fingerprint density at radius 1 is 1.44 bits per heavy atom. The molecule has 16 heavy (non-hydrogen) atoms. The van der Waals surface area contributed by atoms with Crippen LogP contribution in [0.15, 0.2) is 30.3 Å². The Bertz CT molecular complexity index is 417. The van der Waals surface area contributed by atoms with Crippen LogP contribution in [0.4, 0.5) is 0 Å². The number of nitriles is 1. The summed E-state index contributed by atoms with van der Waals surface area (Å²) in [6.07, 6.45) is 1.94. The maximum Gasteiger partial charge on any atom is 0.226 e. The van der Waals surface area contributed by atoms with Gasteiger partial charge in [-0.25, -0.2) is 0 Å². The average Bonchev–Trinajstić information content (AvgIpc) is 3.14. The standard InChI is InChI=1S/C13H14N2O/c1-15(13(16)11-7-8-11)12(9-14)10-5-3-2-4-6-10/h2-6,11-12H,7-8H2,1H3. The van der Waals surface area contributed by atoms with Crippen molar-refractivity contribution in [2.75, 3.05) is 7.05 Å². The van der Waals surface area contributed by atoms with E-state index in [0.717, 1.165) is 18.4 Å². The summed E-state index contributed by atoms with van der Waals surface area (Å²) in [5.74, 6) is 0.250. The fourth-order valence-electron chi connectivity index (χ4n) is 1.77. The fraction of sp³-hybridized carbons (Fsp3) is 0.385. The molecule has 1 unspecified atom stereocenters. The minimum absolute atomic E-state index is 0.0930. The third-order valence-electron chi connectivity index (χ3n) is 2.90. The molecule has 1 aromatic rings. The highest BCUT2D eigenvalue weighted by molar-refractivity contribution is 5.81. The third-order valence-corrected chi connectivity index (χ3v) is 2.90. The summed E-state index contributed by atoms with van der Waals surface area (Å²) in [5, 5.41) is 9.16. The Morgan fingerprint density at radius 3 is 2.56 bits per heavy atom. The molecule has 0 spiro atoms. The van der Waals surface area contributed by atoms with Crippen LogP contribution in [0.25, 0.3) is 0 Å². The summed E-state index contributed by atoms with van der Waals surface area (Å²) in [4.78, 5) is 13.4. The first kappa shape index (κ1) is 10.7. The summed E-state index contributed by atoms with van der Waals surface area (Å²) in [7, 11) is 1.71. The van der Waals surface area contributed by atoms with Gasteiger partial charge in [-0.15, -0.1) is 0 Å². The molecule has 0 saturated heterocycles.